The summed E-state index contributed by atoms with van der Waals surface area (Å²) < 4.78 is 11.1. The Morgan fingerprint density at radius 2 is 1.61 bits per heavy atom. The number of rotatable bonds is 7. The molecule has 7 heteroatoms. The lowest BCUT2D eigenvalue weighted by Gasteiger charge is -2.47. The Kier molecular flexibility index (Phi) is 8.83. The summed E-state index contributed by atoms with van der Waals surface area (Å²) in [5.74, 6) is 0.959. The summed E-state index contributed by atoms with van der Waals surface area (Å²) in [6, 6.07) is 0.482. The Morgan fingerprint density at radius 3 is 2.25 bits per heavy atom. The van der Waals surface area contributed by atoms with Crippen molar-refractivity contribution in [1.82, 2.24) is 20.4 Å². The molecule has 3 rings (SSSR count). The van der Waals surface area contributed by atoms with Gasteiger partial charge in [0, 0.05) is 50.8 Å². The van der Waals surface area contributed by atoms with Crippen LogP contribution in [0.2, 0.25) is 0 Å². The van der Waals surface area contributed by atoms with Crippen LogP contribution >= 0.6 is 0 Å². The van der Waals surface area contributed by atoms with Crippen molar-refractivity contribution in [2.24, 2.45) is 4.99 Å². The molecule has 3 aliphatic rings. The van der Waals surface area contributed by atoms with Crippen LogP contribution in [-0.4, -0.2) is 99.6 Å². The number of hydrogen-bond donors (Lipinski definition) is 2. The summed E-state index contributed by atoms with van der Waals surface area (Å²) in [7, 11) is 0. The van der Waals surface area contributed by atoms with Gasteiger partial charge in [0.15, 0.2) is 5.96 Å². The first-order chi connectivity index (χ1) is 13.7. The van der Waals surface area contributed by atoms with Crippen molar-refractivity contribution in [2.45, 2.75) is 57.5 Å². The zero-order valence-corrected chi connectivity index (χ0v) is 18.0. The molecule has 0 spiro atoms. The average molecular weight is 396 g/mol. The zero-order chi connectivity index (χ0) is 19.7. The predicted molar refractivity (Wildman–Crippen MR) is 114 cm³/mol. The number of hydrogen-bond acceptors (Lipinski definition) is 5. The molecule has 2 saturated heterocycles. The summed E-state index contributed by atoms with van der Waals surface area (Å²) in [6.45, 7) is 14.7. The van der Waals surface area contributed by atoms with E-state index in [1.807, 2.05) is 0 Å². The number of nitrogens with one attached hydrogen (secondary N) is 2. The highest BCUT2D eigenvalue weighted by Gasteiger charge is 2.38. The van der Waals surface area contributed by atoms with Gasteiger partial charge in [0.25, 0.3) is 0 Å². The summed E-state index contributed by atoms with van der Waals surface area (Å²) in [6.07, 6.45) is 6.54. The molecular formula is C21H41N5O2. The smallest absolute Gasteiger partial charge is 0.191 e. The lowest BCUT2D eigenvalue weighted by Crippen LogP contribution is -2.57. The molecule has 1 atom stereocenters. The van der Waals surface area contributed by atoms with Crippen LogP contribution < -0.4 is 10.6 Å². The third kappa shape index (κ3) is 6.05. The molecule has 0 aromatic rings. The second-order valence-electron chi connectivity index (χ2n) is 8.46. The van der Waals surface area contributed by atoms with E-state index in [1.54, 1.807) is 0 Å². The van der Waals surface area contributed by atoms with E-state index in [0.29, 0.717) is 6.04 Å². The Morgan fingerprint density at radius 1 is 0.964 bits per heavy atom. The molecule has 0 aromatic heterocycles. The molecular weight excluding hydrogens is 354 g/mol. The summed E-state index contributed by atoms with van der Waals surface area (Å²) in [4.78, 5) is 10.2. The van der Waals surface area contributed by atoms with Crippen molar-refractivity contribution in [1.29, 1.82) is 0 Å². The molecule has 0 radical (unpaired) electrons. The Hall–Kier alpha value is -0.890. The van der Waals surface area contributed by atoms with Gasteiger partial charge in [-0.15, -0.1) is 0 Å². The predicted octanol–water partition coefficient (Wildman–Crippen LogP) is 1.30. The highest BCUT2D eigenvalue weighted by Crippen LogP contribution is 2.34. The van der Waals surface area contributed by atoms with Crippen LogP contribution in [0.4, 0.5) is 0 Å². The Balaban J connectivity index is 1.58. The van der Waals surface area contributed by atoms with Gasteiger partial charge in [0.2, 0.25) is 0 Å². The Labute approximate surface area is 171 Å². The normalized spacial score (nSPS) is 26.0. The molecule has 0 bridgehead atoms. The van der Waals surface area contributed by atoms with Gasteiger partial charge in [-0.3, -0.25) is 14.8 Å². The maximum Gasteiger partial charge on any atom is 0.191 e. The van der Waals surface area contributed by atoms with E-state index in [1.165, 1.54) is 32.1 Å². The van der Waals surface area contributed by atoms with Gasteiger partial charge in [-0.1, -0.05) is 19.3 Å². The van der Waals surface area contributed by atoms with E-state index in [9.17, 15) is 0 Å². The van der Waals surface area contributed by atoms with E-state index in [0.717, 1.165) is 78.2 Å². The van der Waals surface area contributed by atoms with Gasteiger partial charge >= 0.3 is 0 Å². The summed E-state index contributed by atoms with van der Waals surface area (Å²) in [5.41, 5.74) is 0.222. The number of aliphatic imine (C=N–C) groups is 1. The fraction of sp³-hybridized carbons (Fsp3) is 0.952. The van der Waals surface area contributed by atoms with Gasteiger partial charge in [0.1, 0.15) is 0 Å². The first kappa shape index (κ1) is 21.8. The third-order valence-corrected chi connectivity index (χ3v) is 6.58. The molecule has 162 valence electrons. The van der Waals surface area contributed by atoms with Crippen molar-refractivity contribution >= 4 is 5.96 Å². The van der Waals surface area contributed by atoms with Crippen molar-refractivity contribution in [3.05, 3.63) is 0 Å². The molecule has 2 heterocycles. The molecule has 2 N–H and O–H groups in total. The van der Waals surface area contributed by atoms with Crippen LogP contribution in [0.5, 0.6) is 0 Å². The minimum atomic E-state index is 0.222. The van der Waals surface area contributed by atoms with Crippen LogP contribution in [0.25, 0.3) is 0 Å². The van der Waals surface area contributed by atoms with E-state index < -0.39 is 0 Å². The summed E-state index contributed by atoms with van der Waals surface area (Å²) >= 11 is 0. The number of morpholine rings is 2. The fourth-order valence-electron chi connectivity index (χ4n) is 4.78. The lowest BCUT2D eigenvalue weighted by atomic mass is 9.80. The van der Waals surface area contributed by atoms with Gasteiger partial charge in [0.05, 0.1) is 33.0 Å². The maximum atomic E-state index is 5.61. The quantitative estimate of drug-likeness (QED) is 0.501. The summed E-state index contributed by atoms with van der Waals surface area (Å²) in [5, 5.41) is 7.04. The van der Waals surface area contributed by atoms with Crippen LogP contribution in [0.15, 0.2) is 4.99 Å². The van der Waals surface area contributed by atoms with Gasteiger partial charge in [-0.2, -0.15) is 0 Å². The number of nitrogens with zero attached hydrogens (tertiary/aromatic N) is 3. The molecule has 0 amide bonds. The van der Waals surface area contributed by atoms with Crippen molar-refractivity contribution < 1.29 is 9.47 Å². The molecule has 1 aliphatic carbocycles. The van der Waals surface area contributed by atoms with E-state index in [-0.39, 0.29) is 5.54 Å². The minimum absolute atomic E-state index is 0.222. The molecule has 0 aromatic carbocycles. The molecule has 3 fully saturated rings. The third-order valence-electron chi connectivity index (χ3n) is 6.58. The monoisotopic (exact) mass is 395 g/mol. The van der Waals surface area contributed by atoms with Gasteiger partial charge in [-0.05, 0) is 26.7 Å². The topological polar surface area (TPSA) is 61.4 Å². The molecule has 2 aliphatic heterocycles. The largest absolute Gasteiger partial charge is 0.379 e. The Bertz CT molecular complexity index is 469. The molecule has 1 saturated carbocycles. The van der Waals surface area contributed by atoms with Gasteiger partial charge in [-0.25, -0.2) is 0 Å². The standard InChI is InChI=1S/C21H41N5O2/c1-3-22-20(23-17-19(2)25-9-13-27-14-10-25)24-18-21(7-5-4-6-8-21)26-11-15-28-16-12-26/h19H,3-18H2,1-2H3,(H2,22,23,24). The van der Waals surface area contributed by atoms with Crippen LogP contribution in [0, 0.1) is 0 Å². The highest BCUT2D eigenvalue weighted by atomic mass is 16.5. The first-order valence-corrected chi connectivity index (χ1v) is 11.4. The van der Waals surface area contributed by atoms with Crippen molar-refractivity contribution in [3.8, 4) is 0 Å². The van der Waals surface area contributed by atoms with Gasteiger partial charge < -0.3 is 20.1 Å². The average Bonchev–Trinajstić information content (AvgIpc) is 2.77. The van der Waals surface area contributed by atoms with Crippen LogP contribution in [0.1, 0.15) is 46.0 Å². The molecule has 28 heavy (non-hydrogen) atoms. The van der Waals surface area contributed by atoms with Crippen molar-refractivity contribution in [3.63, 3.8) is 0 Å². The molecule has 1 unspecified atom stereocenters. The minimum Gasteiger partial charge on any atom is -0.379 e. The molecule has 7 nitrogen and oxygen atoms in total. The highest BCUT2D eigenvalue weighted by molar-refractivity contribution is 5.79. The second-order valence-corrected chi connectivity index (χ2v) is 8.46. The van der Waals surface area contributed by atoms with Crippen molar-refractivity contribution in [2.75, 3.05) is 72.2 Å². The number of guanidine groups is 1. The maximum absolute atomic E-state index is 5.61. The van der Waals surface area contributed by atoms with Crippen LogP contribution in [0.3, 0.4) is 0 Å². The SMILES string of the molecule is CCNC(=NCC1(N2CCOCC2)CCCCC1)NCC(C)N1CCOCC1. The lowest BCUT2D eigenvalue weighted by molar-refractivity contribution is -0.0333. The van der Waals surface area contributed by atoms with E-state index in [4.69, 9.17) is 14.5 Å². The van der Waals surface area contributed by atoms with E-state index in [2.05, 4.69) is 34.3 Å². The first-order valence-electron chi connectivity index (χ1n) is 11.4. The van der Waals surface area contributed by atoms with E-state index >= 15 is 0 Å². The zero-order valence-electron chi connectivity index (χ0n) is 18.0. The second kappa shape index (κ2) is 11.3. The fourth-order valence-corrected chi connectivity index (χ4v) is 4.78. The van der Waals surface area contributed by atoms with Crippen LogP contribution in [-0.2, 0) is 9.47 Å². The number of ether oxygens (including phenoxy) is 2.